The van der Waals surface area contributed by atoms with Gasteiger partial charge in [0.25, 0.3) is 0 Å². The van der Waals surface area contributed by atoms with Crippen LogP contribution in [0.5, 0.6) is 0 Å². The van der Waals surface area contributed by atoms with E-state index in [4.69, 9.17) is 0 Å². The third-order valence-electron chi connectivity index (χ3n) is 6.00. The van der Waals surface area contributed by atoms with Crippen molar-refractivity contribution in [2.24, 2.45) is 0 Å². The predicted molar refractivity (Wildman–Crippen MR) is 115 cm³/mol. The largest absolute Gasteiger partial charge is 0.312 e. The molecule has 2 heterocycles. The van der Waals surface area contributed by atoms with Crippen molar-refractivity contribution in [2.75, 3.05) is 24.5 Å². The molecule has 0 saturated carbocycles. The molecule has 29 heavy (non-hydrogen) atoms. The minimum atomic E-state index is -3.40. The van der Waals surface area contributed by atoms with Crippen molar-refractivity contribution in [1.82, 2.24) is 4.31 Å². The molecule has 0 bridgehead atoms. The summed E-state index contributed by atoms with van der Waals surface area (Å²) in [5.41, 5.74) is 4.44. The van der Waals surface area contributed by atoms with Crippen molar-refractivity contribution in [3.63, 3.8) is 0 Å². The van der Waals surface area contributed by atoms with Crippen LogP contribution in [0.3, 0.4) is 0 Å². The van der Waals surface area contributed by atoms with Crippen LogP contribution in [0.1, 0.15) is 42.4 Å². The molecule has 0 radical (unpaired) electrons. The van der Waals surface area contributed by atoms with Crippen LogP contribution < -0.4 is 4.90 Å². The number of rotatable bonds is 5. The normalized spacial score (nSPS) is 17.3. The molecule has 1 amide bonds. The smallest absolute Gasteiger partial charge is 0.243 e. The van der Waals surface area contributed by atoms with Gasteiger partial charge in [0, 0.05) is 31.7 Å². The van der Waals surface area contributed by atoms with E-state index in [0.717, 1.165) is 49.0 Å². The number of nitrogens with zero attached hydrogens (tertiary/aromatic N) is 2. The van der Waals surface area contributed by atoms with Crippen LogP contribution in [-0.4, -0.2) is 38.3 Å². The number of fused-ring (bicyclic) bond motifs is 1. The first kappa shape index (κ1) is 20.1. The lowest BCUT2D eigenvalue weighted by Crippen LogP contribution is -2.35. The van der Waals surface area contributed by atoms with Crippen molar-refractivity contribution in [2.45, 2.75) is 50.3 Å². The topological polar surface area (TPSA) is 57.7 Å². The van der Waals surface area contributed by atoms with Gasteiger partial charge in [-0.2, -0.15) is 4.31 Å². The zero-order chi connectivity index (χ0) is 20.4. The van der Waals surface area contributed by atoms with E-state index in [1.165, 1.54) is 5.56 Å². The summed E-state index contributed by atoms with van der Waals surface area (Å²) in [6.07, 6.45) is 4.90. The van der Waals surface area contributed by atoms with Crippen LogP contribution in [0, 0.1) is 6.92 Å². The number of sulfonamides is 1. The summed E-state index contributed by atoms with van der Waals surface area (Å²) in [6.45, 7) is 4.00. The molecule has 5 nitrogen and oxygen atoms in total. The van der Waals surface area contributed by atoms with E-state index < -0.39 is 10.0 Å². The molecule has 1 saturated heterocycles. The van der Waals surface area contributed by atoms with E-state index in [9.17, 15) is 13.2 Å². The Labute approximate surface area is 173 Å². The average molecular weight is 413 g/mol. The Morgan fingerprint density at radius 2 is 1.69 bits per heavy atom. The maximum Gasteiger partial charge on any atom is 0.243 e. The molecular weight excluding hydrogens is 384 g/mol. The first-order valence-electron chi connectivity index (χ1n) is 10.4. The maximum absolute atomic E-state index is 12.8. The number of amides is 1. The minimum absolute atomic E-state index is 0.128. The van der Waals surface area contributed by atoms with E-state index in [1.54, 1.807) is 16.4 Å². The number of aryl methyl sites for hydroxylation is 2. The summed E-state index contributed by atoms with van der Waals surface area (Å²) in [5, 5.41) is 0. The minimum Gasteiger partial charge on any atom is -0.312 e. The highest BCUT2D eigenvalue weighted by Gasteiger charge is 2.27. The number of para-hydroxylation sites is 1. The number of carbonyl (C=O) groups excluding carboxylic acids is 1. The Balaban J connectivity index is 1.40. The van der Waals surface area contributed by atoms with Gasteiger partial charge in [0.1, 0.15) is 0 Å². The van der Waals surface area contributed by atoms with Gasteiger partial charge in [-0.05, 0) is 61.4 Å². The SMILES string of the molecule is Cc1cccc2c1N(C(=O)CCc1ccc(S(=O)(=O)N3CCCCC3)cc1)CC2. The fourth-order valence-electron chi connectivity index (χ4n) is 4.37. The summed E-state index contributed by atoms with van der Waals surface area (Å²) in [7, 11) is -3.40. The Morgan fingerprint density at radius 1 is 0.966 bits per heavy atom. The zero-order valence-corrected chi connectivity index (χ0v) is 17.7. The molecule has 2 aliphatic heterocycles. The highest BCUT2D eigenvalue weighted by atomic mass is 32.2. The van der Waals surface area contributed by atoms with Crippen LogP contribution in [0.15, 0.2) is 47.4 Å². The molecule has 0 atom stereocenters. The van der Waals surface area contributed by atoms with Crippen molar-refractivity contribution in [3.05, 3.63) is 59.2 Å². The van der Waals surface area contributed by atoms with Crippen LogP contribution in [-0.2, 0) is 27.7 Å². The van der Waals surface area contributed by atoms with E-state index in [0.29, 0.717) is 30.8 Å². The Hall–Kier alpha value is -2.18. The lowest BCUT2D eigenvalue weighted by molar-refractivity contribution is -0.118. The molecule has 0 N–H and O–H groups in total. The molecule has 2 aromatic rings. The molecule has 0 aliphatic carbocycles. The Bertz CT molecular complexity index is 993. The first-order chi connectivity index (χ1) is 14.0. The summed E-state index contributed by atoms with van der Waals surface area (Å²) < 4.78 is 27.1. The summed E-state index contributed by atoms with van der Waals surface area (Å²) in [6, 6.07) is 13.2. The predicted octanol–water partition coefficient (Wildman–Crippen LogP) is 3.69. The fraction of sp³-hybridized carbons (Fsp3) is 0.435. The Morgan fingerprint density at radius 3 is 2.41 bits per heavy atom. The monoisotopic (exact) mass is 412 g/mol. The van der Waals surface area contributed by atoms with Gasteiger partial charge in [-0.1, -0.05) is 36.8 Å². The van der Waals surface area contributed by atoms with Gasteiger partial charge >= 0.3 is 0 Å². The second-order valence-corrected chi connectivity index (χ2v) is 9.92. The lowest BCUT2D eigenvalue weighted by atomic mass is 10.1. The molecule has 6 heteroatoms. The number of benzene rings is 2. The van der Waals surface area contributed by atoms with E-state index in [-0.39, 0.29) is 5.91 Å². The fourth-order valence-corrected chi connectivity index (χ4v) is 5.89. The second-order valence-electron chi connectivity index (χ2n) is 7.99. The highest BCUT2D eigenvalue weighted by Crippen LogP contribution is 2.32. The van der Waals surface area contributed by atoms with E-state index >= 15 is 0 Å². The maximum atomic E-state index is 12.8. The second kappa shape index (κ2) is 8.28. The third kappa shape index (κ3) is 4.09. The summed E-state index contributed by atoms with van der Waals surface area (Å²) >= 11 is 0. The van der Waals surface area contributed by atoms with E-state index in [2.05, 4.69) is 6.07 Å². The molecule has 2 aliphatic rings. The van der Waals surface area contributed by atoms with Gasteiger partial charge in [-0.25, -0.2) is 8.42 Å². The molecule has 0 aromatic heterocycles. The molecule has 154 valence electrons. The molecule has 1 fully saturated rings. The number of hydrogen-bond acceptors (Lipinski definition) is 3. The third-order valence-corrected chi connectivity index (χ3v) is 7.91. The van der Waals surface area contributed by atoms with E-state index in [1.807, 2.05) is 36.1 Å². The van der Waals surface area contributed by atoms with Gasteiger partial charge in [0.05, 0.1) is 4.90 Å². The van der Waals surface area contributed by atoms with Crippen LogP contribution >= 0.6 is 0 Å². The molecule has 0 unspecified atom stereocenters. The number of piperidine rings is 1. The summed E-state index contributed by atoms with van der Waals surface area (Å²) in [5.74, 6) is 0.128. The molecule has 2 aromatic carbocycles. The zero-order valence-electron chi connectivity index (χ0n) is 16.9. The standard InChI is InChI=1S/C23H28N2O3S/c1-18-6-5-7-20-14-17-25(23(18)20)22(26)13-10-19-8-11-21(12-9-19)29(27,28)24-15-3-2-4-16-24/h5-9,11-12H,2-4,10,13-17H2,1H3. The van der Waals surface area contributed by atoms with Crippen LogP contribution in [0.2, 0.25) is 0 Å². The average Bonchev–Trinajstić information content (AvgIpc) is 3.19. The van der Waals surface area contributed by atoms with Gasteiger partial charge in [-0.3, -0.25) is 4.79 Å². The lowest BCUT2D eigenvalue weighted by Gasteiger charge is -2.25. The van der Waals surface area contributed by atoms with Gasteiger partial charge in [-0.15, -0.1) is 0 Å². The van der Waals surface area contributed by atoms with Crippen molar-refractivity contribution in [1.29, 1.82) is 0 Å². The van der Waals surface area contributed by atoms with Crippen LogP contribution in [0.25, 0.3) is 0 Å². The molecule has 0 spiro atoms. The highest BCUT2D eigenvalue weighted by molar-refractivity contribution is 7.89. The number of anilines is 1. The summed E-state index contributed by atoms with van der Waals surface area (Å²) in [4.78, 5) is 15.0. The van der Waals surface area contributed by atoms with Gasteiger partial charge in [0.2, 0.25) is 15.9 Å². The number of carbonyl (C=O) groups is 1. The van der Waals surface area contributed by atoms with Crippen molar-refractivity contribution in [3.8, 4) is 0 Å². The first-order valence-corrected chi connectivity index (χ1v) is 11.9. The molecular formula is C23H28N2O3S. The molecule has 4 rings (SSSR count). The van der Waals surface area contributed by atoms with Crippen molar-refractivity contribution < 1.29 is 13.2 Å². The quantitative estimate of drug-likeness (QED) is 0.753. The Kier molecular flexibility index (Phi) is 5.74. The van der Waals surface area contributed by atoms with Crippen molar-refractivity contribution >= 4 is 21.6 Å². The number of hydrogen-bond donors (Lipinski definition) is 0. The van der Waals surface area contributed by atoms with Gasteiger partial charge < -0.3 is 4.90 Å². The van der Waals surface area contributed by atoms with Crippen LogP contribution in [0.4, 0.5) is 5.69 Å². The van der Waals surface area contributed by atoms with Gasteiger partial charge in [0.15, 0.2) is 0 Å².